The fraction of sp³-hybridized carbons (Fsp3) is 0.0400. The van der Waals surface area contributed by atoms with Crippen LogP contribution in [0.25, 0.3) is 43.1 Å². The van der Waals surface area contributed by atoms with Crippen LogP contribution in [0.2, 0.25) is 0 Å². The molecule has 0 aromatic heterocycles. The van der Waals surface area contributed by atoms with Gasteiger partial charge in [-0.3, -0.25) is 9.98 Å². The SMILES string of the molecule is C=Nc1c(N=CC)c2ccc3ccccc3c2c2ccc3ccccc3c12. The monoisotopic (exact) mass is 346 g/mol. The Morgan fingerprint density at radius 3 is 1.85 bits per heavy atom. The molecule has 0 amide bonds. The third kappa shape index (κ3) is 2.20. The first-order valence-electron chi connectivity index (χ1n) is 9.08. The second-order valence-electron chi connectivity index (χ2n) is 6.66. The van der Waals surface area contributed by atoms with Gasteiger partial charge in [-0.2, -0.15) is 0 Å². The van der Waals surface area contributed by atoms with Crippen molar-refractivity contribution >= 4 is 67.4 Å². The largest absolute Gasteiger partial charge is 0.262 e. The van der Waals surface area contributed by atoms with Gasteiger partial charge in [0.25, 0.3) is 0 Å². The van der Waals surface area contributed by atoms with Gasteiger partial charge in [0, 0.05) is 17.0 Å². The Balaban J connectivity index is 2.20. The first kappa shape index (κ1) is 15.7. The molecule has 0 unspecified atom stereocenters. The third-order valence-corrected chi connectivity index (χ3v) is 5.26. The van der Waals surface area contributed by atoms with Crippen LogP contribution >= 0.6 is 0 Å². The fourth-order valence-corrected chi connectivity index (χ4v) is 4.15. The summed E-state index contributed by atoms with van der Waals surface area (Å²) in [7, 11) is 0. The summed E-state index contributed by atoms with van der Waals surface area (Å²) in [5.74, 6) is 0. The molecule has 0 fully saturated rings. The van der Waals surface area contributed by atoms with E-state index in [2.05, 4.69) is 84.5 Å². The zero-order valence-electron chi connectivity index (χ0n) is 15.1. The first-order valence-corrected chi connectivity index (χ1v) is 9.08. The summed E-state index contributed by atoms with van der Waals surface area (Å²) in [4.78, 5) is 9.14. The van der Waals surface area contributed by atoms with E-state index in [-0.39, 0.29) is 0 Å². The van der Waals surface area contributed by atoms with Gasteiger partial charge in [-0.05, 0) is 46.0 Å². The van der Waals surface area contributed by atoms with Crippen molar-refractivity contribution < 1.29 is 0 Å². The molecule has 128 valence electrons. The molecule has 0 saturated carbocycles. The molecule has 0 aliphatic carbocycles. The Morgan fingerprint density at radius 1 is 0.630 bits per heavy atom. The van der Waals surface area contributed by atoms with Gasteiger partial charge >= 0.3 is 0 Å². The molecule has 0 atom stereocenters. The van der Waals surface area contributed by atoms with E-state index >= 15 is 0 Å². The molecule has 2 heteroatoms. The van der Waals surface area contributed by atoms with E-state index in [9.17, 15) is 0 Å². The van der Waals surface area contributed by atoms with Crippen LogP contribution in [0.3, 0.4) is 0 Å². The maximum absolute atomic E-state index is 4.71. The zero-order chi connectivity index (χ0) is 18.4. The summed E-state index contributed by atoms with van der Waals surface area (Å²) in [5.41, 5.74) is 1.74. The number of fused-ring (bicyclic) bond motifs is 7. The summed E-state index contributed by atoms with van der Waals surface area (Å²) < 4.78 is 0. The number of nitrogens with zero attached hydrogens (tertiary/aromatic N) is 2. The molecular weight excluding hydrogens is 328 g/mol. The van der Waals surface area contributed by atoms with Gasteiger partial charge in [-0.1, -0.05) is 72.8 Å². The lowest BCUT2D eigenvalue weighted by atomic mass is 9.91. The average molecular weight is 346 g/mol. The molecule has 0 saturated heterocycles. The predicted molar refractivity (Wildman–Crippen MR) is 120 cm³/mol. The van der Waals surface area contributed by atoms with Gasteiger partial charge in [0.15, 0.2) is 0 Å². The number of hydrogen-bond acceptors (Lipinski definition) is 2. The van der Waals surface area contributed by atoms with Crippen molar-refractivity contribution in [2.24, 2.45) is 9.98 Å². The van der Waals surface area contributed by atoms with Crippen molar-refractivity contribution in [2.45, 2.75) is 6.92 Å². The summed E-state index contributed by atoms with van der Waals surface area (Å²) in [5, 5.41) is 9.48. The molecular formula is C25H18N2. The van der Waals surface area contributed by atoms with Crippen molar-refractivity contribution in [1.82, 2.24) is 0 Å². The maximum atomic E-state index is 4.71. The quantitative estimate of drug-likeness (QED) is 0.236. The normalized spacial score (nSPS) is 11.9. The topological polar surface area (TPSA) is 24.7 Å². The molecule has 0 heterocycles. The van der Waals surface area contributed by atoms with Crippen molar-refractivity contribution in [2.75, 3.05) is 0 Å². The van der Waals surface area contributed by atoms with E-state index in [1.807, 2.05) is 13.1 Å². The minimum absolute atomic E-state index is 0.850. The Hall–Kier alpha value is -3.52. The van der Waals surface area contributed by atoms with E-state index in [0.29, 0.717) is 0 Å². The molecule has 5 aromatic carbocycles. The summed E-state index contributed by atoms with van der Waals surface area (Å²) in [6.07, 6.45) is 1.83. The highest BCUT2D eigenvalue weighted by Gasteiger charge is 2.17. The standard InChI is InChI=1S/C25H18N2/c1-3-27-24-21-15-13-16-8-4-6-10-18(16)22(21)20-14-12-17-9-5-7-11-19(17)23(20)25(24)26-2/h3-15H,2H2,1H3. The highest BCUT2D eigenvalue weighted by atomic mass is 14.8. The van der Waals surface area contributed by atoms with E-state index in [0.717, 1.165) is 22.1 Å². The van der Waals surface area contributed by atoms with Crippen molar-refractivity contribution in [3.8, 4) is 0 Å². The zero-order valence-corrected chi connectivity index (χ0v) is 15.1. The Bertz CT molecular complexity index is 1390. The lowest BCUT2D eigenvalue weighted by molar-refractivity contribution is 1.53. The Morgan fingerprint density at radius 2 is 1.22 bits per heavy atom. The average Bonchev–Trinajstić information content (AvgIpc) is 2.73. The van der Waals surface area contributed by atoms with Crippen molar-refractivity contribution in [3.05, 3.63) is 72.8 Å². The van der Waals surface area contributed by atoms with Gasteiger partial charge in [-0.15, -0.1) is 0 Å². The lowest BCUT2D eigenvalue weighted by Gasteiger charge is -2.15. The van der Waals surface area contributed by atoms with Crippen LogP contribution in [0.1, 0.15) is 6.92 Å². The van der Waals surface area contributed by atoms with Crippen LogP contribution in [0, 0.1) is 0 Å². The van der Waals surface area contributed by atoms with E-state index in [4.69, 9.17) is 4.99 Å². The van der Waals surface area contributed by atoms with Crippen LogP contribution in [0.4, 0.5) is 11.4 Å². The minimum Gasteiger partial charge on any atom is -0.262 e. The summed E-state index contributed by atoms with van der Waals surface area (Å²) in [6.45, 7) is 5.81. The first-order chi connectivity index (χ1) is 13.3. The molecule has 0 spiro atoms. The van der Waals surface area contributed by atoms with Gasteiger partial charge < -0.3 is 0 Å². The molecule has 2 nitrogen and oxygen atoms in total. The Kier molecular flexibility index (Phi) is 3.51. The second-order valence-corrected chi connectivity index (χ2v) is 6.66. The van der Waals surface area contributed by atoms with Crippen LogP contribution in [-0.2, 0) is 0 Å². The molecule has 0 radical (unpaired) electrons. The van der Waals surface area contributed by atoms with Gasteiger partial charge in [0.2, 0.25) is 0 Å². The van der Waals surface area contributed by atoms with Crippen LogP contribution in [0.15, 0.2) is 82.8 Å². The molecule has 5 aromatic rings. The number of rotatable bonds is 2. The second kappa shape index (κ2) is 6.03. The van der Waals surface area contributed by atoms with Crippen LogP contribution in [0.5, 0.6) is 0 Å². The van der Waals surface area contributed by atoms with Gasteiger partial charge in [0.05, 0.1) is 11.4 Å². The lowest BCUT2D eigenvalue weighted by Crippen LogP contribution is -1.86. The molecule has 0 N–H and O–H groups in total. The Labute approximate surface area is 157 Å². The van der Waals surface area contributed by atoms with E-state index in [1.54, 1.807) is 0 Å². The molecule has 0 bridgehead atoms. The minimum atomic E-state index is 0.850. The number of benzene rings is 5. The molecule has 5 rings (SSSR count). The summed E-state index contributed by atoms with van der Waals surface area (Å²) in [6, 6.07) is 25.7. The number of aliphatic imine (C=N–C) groups is 2. The van der Waals surface area contributed by atoms with Crippen LogP contribution in [-0.4, -0.2) is 12.9 Å². The van der Waals surface area contributed by atoms with Crippen molar-refractivity contribution in [1.29, 1.82) is 0 Å². The number of hydrogen-bond donors (Lipinski definition) is 0. The maximum Gasteiger partial charge on any atom is 0.0969 e. The van der Waals surface area contributed by atoms with Crippen LogP contribution < -0.4 is 0 Å². The predicted octanol–water partition coefficient (Wildman–Crippen LogP) is 7.35. The third-order valence-electron chi connectivity index (χ3n) is 5.26. The molecule has 0 aliphatic rings. The van der Waals surface area contributed by atoms with Gasteiger partial charge in [-0.25, -0.2) is 0 Å². The fourth-order valence-electron chi connectivity index (χ4n) is 4.15. The highest BCUT2D eigenvalue weighted by Crippen LogP contribution is 2.47. The van der Waals surface area contributed by atoms with Crippen molar-refractivity contribution in [3.63, 3.8) is 0 Å². The molecule has 27 heavy (non-hydrogen) atoms. The highest BCUT2D eigenvalue weighted by molar-refractivity contribution is 6.31. The smallest absolute Gasteiger partial charge is 0.0969 e. The summed E-state index contributed by atoms with van der Waals surface area (Å²) >= 11 is 0. The van der Waals surface area contributed by atoms with E-state index in [1.165, 1.54) is 32.3 Å². The van der Waals surface area contributed by atoms with Gasteiger partial charge in [0.1, 0.15) is 0 Å². The molecule has 0 aliphatic heterocycles. The van der Waals surface area contributed by atoms with E-state index < -0.39 is 0 Å².